The van der Waals surface area contributed by atoms with Crippen LogP contribution < -0.4 is 10.1 Å². The number of nitrogens with one attached hydrogen (secondary N) is 1. The predicted molar refractivity (Wildman–Crippen MR) is 90.3 cm³/mol. The smallest absolute Gasteiger partial charge is 0.311 e. The Morgan fingerprint density at radius 1 is 1.46 bits per heavy atom. The first-order valence-corrected chi connectivity index (χ1v) is 8.39. The second-order valence-electron chi connectivity index (χ2n) is 5.16. The van der Waals surface area contributed by atoms with Crippen LogP contribution in [0.1, 0.15) is 25.3 Å². The zero-order valence-corrected chi connectivity index (χ0v) is 14.3. The number of carbonyl (C=O) groups is 2. The molecule has 0 aliphatic rings. The number of carbonyl (C=O) groups excluding carboxylic acids is 1. The van der Waals surface area contributed by atoms with Crippen molar-refractivity contribution in [1.29, 1.82) is 0 Å². The van der Waals surface area contributed by atoms with Gasteiger partial charge in [-0.15, -0.1) is 11.8 Å². The monoisotopic (exact) mass is 356 g/mol. The van der Waals surface area contributed by atoms with E-state index in [2.05, 4.69) is 5.32 Å². The summed E-state index contributed by atoms with van der Waals surface area (Å²) in [5, 5.41) is 22.3. The average molecular weight is 356 g/mol. The Bertz CT molecular complexity index is 608. The number of nitro groups is 1. The summed E-state index contributed by atoms with van der Waals surface area (Å²) in [4.78, 5) is 32.7. The van der Waals surface area contributed by atoms with Gasteiger partial charge in [-0.2, -0.15) is 0 Å². The van der Waals surface area contributed by atoms with E-state index in [0.717, 1.165) is 5.56 Å². The van der Waals surface area contributed by atoms with E-state index in [0.29, 0.717) is 12.2 Å². The quantitative estimate of drug-likeness (QED) is 0.487. The van der Waals surface area contributed by atoms with Gasteiger partial charge in [-0.3, -0.25) is 19.7 Å². The molecule has 0 heterocycles. The van der Waals surface area contributed by atoms with Gasteiger partial charge >= 0.3 is 11.7 Å². The maximum absolute atomic E-state index is 11.8. The minimum atomic E-state index is -0.897. The molecule has 0 aliphatic heterocycles. The third-order valence-electron chi connectivity index (χ3n) is 3.14. The van der Waals surface area contributed by atoms with Crippen molar-refractivity contribution in [2.45, 2.75) is 31.6 Å². The third-order valence-corrected chi connectivity index (χ3v) is 4.14. The molecule has 0 saturated carbocycles. The molecule has 2 N–H and O–H groups in total. The number of benzene rings is 1. The number of carboxylic acids is 1. The molecule has 1 aromatic carbocycles. The number of carboxylic acid groups (broad SMARTS) is 1. The van der Waals surface area contributed by atoms with Crippen molar-refractivity contribution < 1.29 is 24.4 Å². The van der Waals surface area contributed by atoms with E-state index >= 15 is 0 Å². The van der Waals surface area contributed by atoms with Crippen molar-refractivity contribution in [2.24, 2.45) is 0 Å². The van der Waals surface area contributed by atoms with Crippen LogP contribution >= 0.6 is 11.8 Å². The highest BCUT2D eigenvalue weighted by Gasteiger charge is 2.15. The lowest BCUT2D eigenvalue weighted by Gasteiger charge is -2.12. The molecule has 1 amide bonds. The Labute approximate surface area is 143 Å². The van der Waals surface area contributed by atoms with E-state index in [4.69, 9.17) is 9.84 Å². The number of rotatable bonds is 10. The van der Waals surface area contributed by atoms with E-state index in [1.54, 1.807) is 13.0 Å². The minimum absolute atomic E-state index is 0.00407. The molecule has 0 radical (unpaired) electrons. The fraction of sp³-hybridized carbons (Fsp3) is 0.467. The Morgan fingerprint density at radius 3 is 2.75 bits per heavy atom. The van der Waals surface area contributed by atoms with Gasteiger partial charge in [-0.1, -0.05) is 6.07 Å². The summed E-state index contributed by atoms with van der Waals surface area (Å²) in [7, 11) is 1.37. The van der Waals surface area contributed by atoms with Crippen LogP contribution in [-0.4, -0.2) is 40.8 Å². The molecule has 0 fully saturated rings. The Hall–Kier alpha value is -2.29. The molecule has 8 nitrogen and oxygen atoms in total. The molecule has 1 rings (SSSR count). The van der Waals surface area contributed by atoms with Crippen LogP contribution in [-0.2, 0) is 15.3 Å². The molecule has 0 saturated heterocycles. The number of hydrogen-bond acceptors (Lipinski definition) is 6. The van der Waals surface area contributed by atoms with Gasteiger partial charge in [0.2, 0.25) is 5.91 Å². The molecule has 1 unspecified atom stereocenters. The Balaban J connectivity index is 2.44. The first-order valence-electron chi connectivity index (χ1n) is 7.23. The van der Waals surface area contributed by atoms with Crippen LogP contribution in [0.5, 0.6) is 5.75 Å². The number of nitro benzene ring substituents is 1. The van der Waals surface area contributed by atoms with Gasteiger partial charge < -0.3 is 15.2 Å². The lowest BCUT2D eigenvalue weighted by atomic mass is 10.2. The molecule has 24 heavy (non-hydrogen) atoms. The highest BCUT2D eigenvalue weighted by atomic mass is 32.2. The van der Waals surface area contributed by atoms with Crippen LogP contribution in [0.3, 0.4) is 0 Å². The fourth-order valence-corrected chi connectivity index (χ4v) is 2.74. The molecule has 1 aromatic rings. The summed E-state index contributed by atoms with van der Waals surface area (Å²) >= 11 is 1.32. The highest BCUT2D eigenvalue weighted by molar-refractivity contribution is 7.99. The fourth-order valence-electron chi connectivity index (χ4n) is 1.96. The van der Waals surface area contributed by atoms with Gasteiger partial charge in [0.25, 0.3) is 0 Å². The Morgan fingerprint density at radius 2 is 2.17 bits per heavy atom. The summed E-state index contributed by atoms with van der Waals surface area (Å²) in [6, 6.07) is 4.46. The largest absolute Gasteiger partial charge is 0.490 e. The van der Waals surface area contributed by atoms with E-state index in [1.165, 1.54) is 31.0 Å². The van der Waals surface area contributed by atoms with Gasteiger partial charge in [0.15, 0.2) is 5.75 Å². The second kappa shape index (κ2) is 9.76. The molecule has 1 atom stereocenters. The van der Waals surface area contributed by atoms with Crippen LogP contribution in [0, 0.1) is 10.1 Å². The summed E-state index contributed by atoms with van der Waals surface area (Å²) in [6.07, 6.45) is 0.376. The minimum Gasteiger partial charge on any atom is -0.490 e. The molecule has 0 aliphatic carbocycles. The van der Waals surface area contributed by atoms with Crippen molar-refractivity contribution in [2.75, 3.05) is 12.9 Å². The molecule has 9 heteroatoms. The number of nitrogens with zero attached hydrogens (tertiary/aromatic N) is 1. The van der Waals surface area contributed by atoms with Gasteiger partial charge in [0, 0.05) is 24.3 Å². The first kappa shape index (κ1) is 19.8. The van der Waals surface area contributed by atoms with Crippen LogP contribution in [0.25, 0.3) is 0 Å². The lowest BCUT2D eigenvalue weighted by Crippen LogP contribution is -2.34. The van der Waals surface area contributed by atoms with Crippen LogP contribution in [0.2, 0.25) is 0 Å². The maximum Gasteiger partial charge on any atom is 0.311 e. The van der Waals surface area contributed by atoms with Crippen molar-refractivity contribution in [3.63, 3.8) is 0 Å². The zero-order valence-electron chi connectivity index (χ0n) is 13.5. The third kappa shape index (κ3) is 6.86. The van der Waals surface area contributed by atoms with Crippen molar-refractivity contribution in [1.82, 2.24) is 5.32 Å². The number of amides is 1. The van der Waals surface area contributed by atoms with E-state index in [-0.39, 0.29) is 35.6 Å². The van der Waals surface area contributed by atoms with Crippen molar-refractivity contribution >= 4 is 29.3 Å². The Kier molecular flexibility index (Phi) is 8.03. The summed E-state index contributed by atoms with van der Waals surface area (Å²) in [5.41, 5.74) is 0.613. The van der Waals surface area contributed by atoms with Crippen molar-refractivity contribution in [3.8, 4) is 5.75 Å². The molecule has 0 bridgehead atoms. The number of ether oxygens (including phenoxy) is 1. The van der Waals surface area contributed by atoms with Gasteiger partial charge in [-0.05, 0) is 25.0 Å². The normalized spacial score (nSPS) is 11.6. The highest BCUT2D eigenvalue weighted by Crippen LogP contribution is 2.28. The standard InChI is InChI=1S/C15H20N2O6S/c1-10(3-6-15(19)20)16-14(18)9-24-8-11-4-5-13(23-2)12(7-11)17(21)22/h4-5,7,10H,3,6,8-9H2,1-2H3,(H,16,18)(H,19,20). The lowest BCUT2D eigenvalue weighted by molar-refractivity contribution is -0.385. The van der Waals surface area contributed by atoms with Crippen LogP contribution in [0.15, 0.2) is 18.2 Å². The topological polar surface area (TPSA) is 119 Å². The number of thioether (sulfide) groups is 1. The van der Waals surface area contributed by atoms with Gasteiger partial charge in [0.1, 0.15) is 0 Å². The molecular formula is C15H20N2O6S. The van der Waals surface area contributed by atoms with E-state index in [1.807, 2.05) is 0 Å². The number of methoxy groups -OCH3 is 1. The van der Waals surface area contributed by atoms with Gasteiger partial charge in [0.05, 0.1) is 17.8 Å². The van der Waals surface area contributed by atoms with E-state index < -0.39 is 10.9 Å². The summed E-state index contributed by atoms with van der Waals surface area (Å²) in [6.45, 7) is 1.75. The number of aliphatic carboxylic acids is 1. The molecule has 0 spiro atoms. The van der Waals surface area contributed by atoms with Crippen LogP contribution in [0.4, 0.5) is 5.69 Å². The molecule has 0 aromatic heterocycles. The van der Waals surface area contributed by atoms with Gasteiger partial charge in [-0.25, -0.2) is 0 Å². The maximum atomic E-state index is 11.8. The number of hydrogen-bond donors (Lipinski definition) is 2. The second-order valence-corrected chi connectivity index (χ2v) is 6.14. The SMILES string of the molecule is COc1ccc(CSCC(=O)NC(C)CCC(=O)O)cc1[N+](=O)[O-]. The predicted octanol–water partition coefficient (Wildman–Crippen LogP) is 2.21. The first-order chi connectivity index (χ1) is 11.3. The molecule has 132 valence electrons. The summed E-state index contributed by atoms with van der Waals surface area (Å²) in [5.74, 6) is -0.259. The van der Waals surface area contributed by atoms with Crippen molar-refractivity contribution in [3.05, 3.63) is 33.9 Å². The zero-order chi connectivity index (χ0) is 18.1. The average Bonchev–Trinajstić information content (AvgIpc) is 2.52. The summed E-state index contributed by atoms with van der Waals surface area (Å²) < 4.78 is 4.93. The van der Waals surface area contributed by atoms with E-state index in [9.17, 15) is 19.7 Å². The molecular weight excluding hydrogens is 336 g/mol.